The molecule has 112 valence electrons. The number of anilines is 1. The van der Waals surface area contributed by atoms with Crippen molar-refractivity contribution in [2.75, 3.05) is 11.9 Å². The van der Waals surface area contributed by atoms with Gasteiger partial charge in [0.1, 0.15) is 17.2 Å². The minimum atomic E-state index is 0.331. The molecular formula is C15H21N5S. The van der Waals surface area contributed by atoms with Crippen molar-refractivity contribution in [2.24, 2.45) is 0 Å². The van der Waals surface area contributed by atoms with Gasteiger partial charge in [-0.15, -0.1) is 0 Å². The van der Waals surface area contributed by atoms with E-state index in [1.165, 1.54) is 11.8 Å². The van der Waals surface area contributed by atoms with E-state index in [9.17, 15) is 0 Å². The summed E-state index contributed by atoms with van der Waals surface area (Å²) in [6.45, 7) is 9.30. The van der Waals surface area contributed by atoms with Crippen molar-refractivity contribution in [3.63, 3.8) is 0 Å². The Morgan fingerprint density at radius 1 is 1.24 bits per heavy atom. The van der Waals surface area contributed by atoms with E-state index in [-0.39, 0.29) is 0 Å². The van der Waals surface area contributed by atoms with Gasteiger partial charge in [-0.1, -0.05) is 20.8 Å². The fourth-order valence-electron chi connectivity index (χ4n) is 1.93. The molecule has 1 N–H and O–H groups in total. The van der Waals surface area contributed by atoms with Crippen LogP contribution < -0.4 is 5.32 Å². The quantitative estimate of drug-likeness (QED) is 0.649. The third kappa shape index (κ3) is 4.14. The summed E-state index contributed by atoms with van der Waals surface area (Å²) in [5.41, 5.74) is 2.08. The van der Waals surface area contributed by atoms with Crippen LogP contribution >= 0.6 is 11.8 Å². The Morgan fingerprint density at radius 2 is 2.05 bits per heavy atom. The molecule has 0 fully saturated rings. The van der Waals surface area contributed by atoms with Gasteiger partial charge < -0.3 is 5.32 Å². The second-order valence-corrected chi connectivity index (χ2v) is 6.06. The van der Waals surface area contributed by atoms with Gasteiger partial charge in [0.25, 0.3) is 0 Å². The molecule has 0 aromatic carbocycles. The van der Waals surface area contributed by atoms with Crippen molar-refractivity contribution in [1.29, 1.82) is 0 Å². The van der Waals surface area contributed by atoms with Crippen LogP contribution in [0.15, 0.2) is 28.8 Å². The molecule has 0 atom stereocenters. The molecule has 0 aliphatic rings. The molecular weight excluding hydrogens is 282 g/mol. The second kappa shape index (κ2) is 7.36. The lowest BCUT2D eigenvalue weighted by Crippen LogP contribution is -2.08. The normalized spacial score (nSPS) is 10.9. The molecule has 0 aliphatic heterocycles. The number of nitrogens with zero attached hydrogens (tertiary/aromatic N) is 4. The van der Waals surface area contributed by atoms with Crippen molar-refractivity contribution < 1.29 is 0 Å². The highest BCUT2D eigenvalue weighted by Crippen LogP contribution is 2.33. The highest BCUT2D eigenvalue weighted by atomic mass is 32.2. The molecule has 6 heteroatoms. The van der Waals surface area contributed by atoms with Crippen LogP contribution in [0.25, 0.3) is 0 Å². The van der Waals surface area contributed by atoms with E-state index in [4.69, 9.17) is 0 Å². The van der Waals surface area contributed by atoms with Crippen molar-refractivity contribution in [3.8, 4) is 0 Å². The molecule has 0 unspecified atom stereocenters. The van der Waals surface area contributed by atoms with Crippen LogP contribution in [0.4, 0.5) is 5.82 Å². The standard InChI is InChI=1S/C15H21N5S/c1-5-7-16-13-12(10(2)3)14(19-9-18-13)21-15-17-8-6-11(4)20-15/h6,8-10H,5,7H2,1-4H3,(H,16,18,19). The van der Waals surface area contributed by atoms with Crippen molar-refractivity contribution >= 4 is 17.6 Å². The SMILES string of the molecule is CCCNc1ncnc(Sc2nccc(C)n2)c1C(C)C. The lowest BCUT2D eigenvalue weighted by Gasteiger charge is -2.16. The van der Waals surface area contributed by atoms with E-state index in [1.54, 1.807) is 12.5 Å². The summed E-state index contributed by atoms with van der Waals surface area (Å²) in [6, 6.07) is 1.89. The monoisotopic (exact) mass is 303 g/mol. The van der Waals surface area contributed by atoms with Gasteiger partial charge >= 0.3 is 0 Å². The number of nitrogens with one attached hydrogen (secondary N) is 1. The molecule has 2 rings (SSSR count). The Labute approximate surface area is 130 Å². The zero-order valence-electron chi connectivity index (χ0n) is 12.9. The summed E-state index contributed by atoms with van der Waals surface area (Å²) in [4.78, 5) is 17.5. The van der Waals surface area contributed by atoms with Gasteiger partial charge in [-0.05, 0) is 37.1 Å². The second-order valence-electron chi connectivity index (χ2n) is 5.11. The molecule has 0 amide bonds. The molecule has 0 radical (unpaired) electrons. The molecule has 0 saturated heterocycles. The lowest BCUT2D eigenvalue weighted by molar-refractivity contribution is 0.797. The zero-order valence-corrected chi connectivity index (χ0v) is 13.7. The number of rotatable bonds is 6. The molecule has 2 aromatic heterocycles. The fraction of sp³-hybridized carbons (Fsp3) is 0.467. The van der Waals surface area contributed by atoms with Crippen LogP contribution in [0, 0.1) is 6.92 Å². The predicted octanol–water partition coefficient (Wildman–Crippen LogP) is 3.67. The van der Waals surface area contributed by atoms with Crippen LogP contribution in [0.1, 0.15) is 44.4 Å². The van der Waals surface area contributed by atoms with Crippen LogP contribution in [0.3, 0.4) is 0 Å². The Bertz CT molecular complexity index is 600. The van der Waals surface area contributed by atoms with Crippen molar-refractivity contribution in [2.45, 2.75) is 50.2 Å². The van der Waals surface area contributed by atoms with Crippen LogP contribution in [-0.4, -0.2) is 26.5 Å². The Balaban J connectivity index is 2.33. The van der Waals surface area contributed by atoms with Gasteiger partial charge in [0.05, 0.1) is 0 Å². The van der Waals surface area contributed by atoms with E-state index in [1.807, 2.05) is 13.0 Å². The Kier molecular flexibility index (Phi) is 5.50. The highest BCUT2D eigenvalue weighted by molar-refractivity contribution is 7.99. The maximum atomic E-state index is 4.43. The largest absolute Gasteiger partial charge is 0.370 e. The number of hydrogen-bond donors (Lipinski definition) is 1. The van der Waals surface area contributed by atoms with Gasteiger partial charge in [-0.25, -0.2) is 19.9 Å². The lowest BCUT2D eigenvalue weighted by atomic mass is 10.1. The first kappa shape index (κ1) is 15.7. The van der Waals surface area contributed by atoms with E-state index in [2.05, 4.69) is 46.0 Å². The number of hydrogen-bond acceptors (Lipinski definition) is 6. The maximum absolute atomic E-state index is 4.43. The molecule has 0 saturated carbocycles. The van der Waals surface area contributed by atoms with Gasteiger partial charge in [0.2, 0.25) is 0 Å². The summed E-state index contributed by atoms with van der Waals surface area (Å²) in [5.74, 6) is 1.25. The zero-order chi connectivity index (χ0) is 15.2. The molecule has 21 heavy (non-hydrogen) atoms. The molecule has 0 bridgehead atoms. The van der Waals surface area contributed by atoms with Crippen molar-refractivity contribution in [1.82, 2.24) is 19.9 Å². The number of aromatic nitrogens is 4. The smallest absolute Gasteiger partial charge is 0.194 e. The maximum Gasteiger partial charge on any atom is 0.194 e. The van der Waals surface area contributed by atoms with E-state index >= 15 is 0 Å². The third-order valence-electron chi connectivity index (χ3n) is 2.93. The van der Waals surface area contributed by atoms with Gasteiger partial charge in [-0.2, -0.15) is 0 Å². The van der Waals surface area contributed by atoms with E-state index < -0.39 is 0 Å². The van der Waals surface area contributed by atoms with Gasteiger partial charge in [0.15, 0.2) is 5.16 Å². The van der Waals surface area contributed by atoms with E-state index in [0.717, 1.165) is 40.2 Å². The van der Waals surface area contributed by atoms with Crippen LogP contribution in [-0.2, 0) is 0 Å². The first-order chi connectivity index (χ1) is 10.1. The first-order valence-electron chi connectivity index (χ1n) is 7.18. The van der Waals surface area contributed by atoms with E-state index in [0.29, 0.717) is 5.92 Å². The minimum absolute atomic E-state index is 0.331. The Hall–Kier alpha value is -1.69. The predicted molar refractivity (Wildman–Crippen MR) is 85.8 cm³/mol. The fourth-order valence-corrected chi connectivity index (χ4v) is 2.95. The average Bonchev–Trinajstić information content (AvgIpc) is 2.45. The average molecular weight is 303 g/mol. The summed E-state index contributed by atoms with van der Waals surface area (Å²) in [7, 11) is 0. The Morgan fingerprint density at radius 3 is 2.71 bits per heavy atom. The summed E-state index contributed by atoms with van der Waals surface area (Å²) >= 11 is 1.49. The highest BCUT2D eigenvalue weighted by Gasteiger charge is 2.16. The third-order valence-corrected chi connectivity index (χ3v) is 3.83. The van der Waals surface area contributed by atoms with Gasteiger partial charge in [0, 0.05) is 24.0 Å². The molecule has 0 aliphatic carbocycles. The van der Waals surface area contributed by atoms with Crippen LogP contribution in [0.5, 0.6) is 0 Å². The molecule has 2 heterocycles. The number of aryl methyl sites for hydroxylation is 1. The summed E-state index contributed by atoms with van der Waals surface area (Å²) in [6.07, 6.45) is 4.43. The summed E-state index contributed by atoms with van der Waals surface area (Å²) in [5, 5.41) is 5.02. The molecule has 0 spiro atoms. The molecule has 2 aromatic rings. The minimum Gasteiger partial charge on any atom is -0.370 e. The molecule has 5 nitrogen and oxygen atoms in total. The van der Waals surface area contributed by atoms with Gasteiger partial charge in [-0.3, -0.25) is 0 Å². The summed E-state index contributed by atoms with van der Waals surface area (Å²) < 4.78 is 0. The first-order valence-corrected chi connectivity index (χ1v) is 7.99. The van der Waals surface area contributed by atoms with Crippen LogP contribution in [0.2, 0.25) is 0 Å². The van der Waals surface area contributed by atoms with Crippen molar-refractivity contribution in [3.05, 3.63) is 29.8 Å². The topological polar surface area (TPSA) is 63.6 Å².